The highest BCUT2D eigenvalue weighted by Crippen LogP contribution is 2.43. The van der Waals surface area contributed by atoms with E-state index in [0.29, 0.717) is 12.5 Å². The summed E-state index contributed by atoms with van der Waals surface area (Å²) in [4.78, 5) is 0. The van der Waals surface area contributed by atoms with Crippen LogP contribution in [0.25, 0.3) is 0 Å². The number of ether oxygens (including phenoxy) is 2. The van der Waals surface area contributed by atoms with Crippen LogP contribution in [0.15, 0.2) is 12.1 Å². The Bertz CT molecular complexity index is 477. The fraction of sp³-hybridized carbons (Fsp3) is 0.647. The maximum absolute atomic E-state index is 10.7. The molecular formula is C17H24O3. The van der Waals surface area contributed by atoms with Crippen LogP contribution in [-0.4, -0.2) is 17.8 Å². The highest BCUT2D eigenvalue weighted by Gasteiger charge is 2.29. The van der Waals surface area contributed by atoms with Crippen molar-refractivity contribution in [2.45, 2.75) is 58.2 Å². The molecule has 2 atom stereocenters. The zero-order valence-electron chi connectivity index (χ0n) is 12.4. The lowest BCUT2D eigenvalue weighted by atomic mass is 9.92. The molecule has 0 bridgehead atoms. The van der Waals surface area contributed by atoms with Gasteiger partial charge in [-0.05, 0) is 44.7 Å². The smallest absolute Gasteiger partial charge is 0.125 e. The molecule has 1 aromatic rings. The van der Waals surface area contributed by atoms with Crippen molar-refractivity contribution in [1.29, 1.82) is 0 Å². The Morgan fingerprint density at radius 1 is 1.35 bits per heavy atom. The third-order valence-electron chi connectivity index (χ3n) is 4.49. The SMILES string of the molecule is CCOc1cc2c(cc1C(O)C1CCCC1)OC(C)C2. The van der Waals surface area contributed by atoms with Gasteiger partial charge in [0.2, 0.25) is 0 Å². The Balaban J connectivity index is 1.93. The fourth-order valence-electron chi connectivity index (χ4n) is 3.49. The van der Waals surface area contributed by atoms with Gasteiger partial charge in [-0.1, -0.05) is 12.8 Å². The first-order valence-corrected chi connectivity index (χ1v) is 7.83. The summed E-state index contributed by atoms with van der Waals surface area (Å²) in [5.41, 5.74) is 2.11. The summed E-state index contributed by atoms with van der Waals surface area (Å²) in [6.07, 6.45) is 5.40. The Kier molecular flexibility index (Phi) is 3.88. The molecule has 0 amide bonds. The molecule has 1 heterocycles. The predicted octanol–water partition coefficient (Wildman–Crippen LogP) is 3.63. The van der Waals surface area contributed by atoms with Gasteiger partial charge in [-0.15, -0.1) is 0 Å². The zero-order valence-corrected chi connectivity index (χ0v) is 12.4. The minimum Gasteiger partial charge on any atom is -0.493 e. The second kappa shape index (κ2) is 5.65. The summed E-state index contributed by atoms with van der Waals surface area (Å²) in [5, 5.41) is 10.7. The number of fused-ring (bicyclic) bond motifs is 1. The van der Waals surface area contributed by atoms with E-state index in [9.17, 15) is 5.11 Å². The molecule has 0 aromatic heterocycles. The highest BCUT2D eigenvalue weighted by atomic mass is 16.5. The average Bonchev–Trinajstić information content (AvgIpc) is 3.05. The molecule has 2 aliphatic rings. The number of hydrogen-bond acceptors (Lipinski definition) is 3. The monoisotopic (exact) mass is 276 g/mol. The van der Waals surface area contributed by atoms with Crippen molar-refractivity contribution in [2.24, 2.45) is 5.92 Å². The molecule has 110 valence electrons. The average molecular weight is 276 g/mol. The van der Waals surface area contributed by atoms with Crippen LogP contribution in [0.4, 0.5) is 0 Å². The predicted molar refractivity (Wildman–Crippen MR) is 78.3 cm³/mol. The van der Waals surface area contributed by atoms with E-state index in [1.165, 1.54) is 18.4 Å². The molecule has 1 fully saturated rings. The molecule has 1 saturated carbocycles. The van der Waals surface area contributed by atoms with Gasteiger partial charge in [-0.3, -0.25) is 0 Å². The Hall–Kier alpha value is -1.22. The van der Waals surface area contributed by atoms with E-state index in [0.717, 1.165) is 36.3 Å². The molecule has 3 rings (SSSR count). The molecule has 20 heavy (non-hydrogen) atoms. The molecule has 1 aromatic carbocycles. The minimum atomic E-state index is -0.427. The summed E-state index contributed by atoms with van der Waals surface area (Å²) < 4.78 is 11.6. The number of aliphatic hydroxyl groups is 1. The van der Waals surface area contributed by atoms with E-state index >= 15 is 0 Å². The van der Waals surface area contributed by atoms with Crippen molar-refractivity contribution in [3.63, 3.8) is 0 Å². The molecule has 3 heteroatoms. The molecule has 3 nitrogen and oxygen atoms in total. The molecule has 1 aliphatic heterocycles. The summed E-state index contributed by atoms with van der Waals surface area (Å²) >= 11 is 0. The quantitative estimate of drug-likeness (QED) is 0.912. The number of hydrogen-bond donors (Lipinski definition) is 1. The van der Waals surface area contributed by atoms with Crippen LogP contribution < -0.4 is 9.47 Å². The zero-order chi connectivity index (χ0) is 14.1. The fourth-order valence-corrected chi connectivity index (χ4v) is 3.49. The summed E-state index contributed by atoms with van der Waals surface area (Å²) in [6, 6.07) is 4.07. The highest BCUT2D eigenvalue weighted by molar-refractivity contribution is 5.49. The van der Waals surface area contributed by atoms with Crippen LogP contribution in [0.1, 0.15) is 56.8 Å². The largest absolute Gasteiger partial charge is 0.493 e. The van der Waals surface area contributed by atoms with E-state index < -0.39 is 6.10 Å². The first kappa shape index (κ1) is 13.7. The number of benzene rings is 1. The van der Waals surface area contributed by atoms with Crippen LogP contribution in [-0.2, 0) is 6.42 Å². The Morgan fingerprint density at radius 2 is 2.10 bits per heavy atom. The van der Waals surface area contributed by atoms with E-state index in [1.807, 2.05) is 13.0 Å². The van der Waals surface area contributed by atoms with Crippen molar-refractivity contribution in [1.82, 2.24) is 0 Å². The van der Waals surface area contributed by atoms with E-state index in [-0.39, 0.29) is 6.10 Å². The van der Waals surface area contributed by atoms with Gasteiger partial charge in [0.05, 0.1) is 12.7 Å². The van der Waals surface area contributed by atoms with E-state index in [4.69, 9.17) is 9.47 Å². The van der Waals surface area contributed by atoms with Gasteiger partial charge in [0.1, 0.15) is 17.6 Å². The Labute approximate surface area is 120 Å². The van der Waals surface area contributed by atoms with Crippen LogP contribution in [0.2, 0.25) is 0 Å². The van der Waals surface area contributed by atoms with Crippen LogP contribution >= 0.6 is 0 Å². The second-order valence-corrected chi connectivity index (χ2v) is 6.05. The van der Waals surface area contributed by atoms with Gasteiger partial charge in [-0.2, -0.15) is 0 Å². The minimum absolute atomic E-state index is 0.221. The lowest BCUT2D eigenvalue weighted by Crippen LogP contribution is -2.11. The van der Waals surface area contributed by atoms with Gasteiger partial charge in [0, 0.05) is 17.5 Å². The topological polar surface area (TPSA) is 38.7 Å². The van der Waals surface area contributed by atoms with Crippen molar-refractivity contribution in [3.05, 3.63) is 23.3 Å². The van der Waals surface area contributed by atoms with Gasteiger partial charge in [0.25, 0.3) is 0 Å². The standard InChI is InChI=1S/C17H24O3/c1-3-19-16-9-13-8-11(2)20-15(13)10-14(16)17(18)12-6-4-5-7-12/h9-12,17-18H,3-8H2,1-2H3. The molecule has 1 N–H and O–H groups in total. The molecule has 0 saturated heterocycles. The van der Waals surface area contributed by atoms with Crippen molar-refractivity contribution in [3.8, 4) is 11.5 Å². The molecule has 0 spiro atoms. The summed E-state index contributed by atoms with van der Waals surface area (Å²) in [5.74, 6) is 2.13. The lowest BCUT2D eigenvalue weighted by Gasteiger charge is -2.21. The van der Waals surface area contributed by atoms with Crippen molar-refractivity contribution < 1.29 is 14.6 Å². The van der Waals surface area contributed by atoms with Crippen LogP contribution in [0.5, 0.6) is 11.5 Å². The van der Waals surface area contributed by atoms with Crippen molar-refractivity contribution >= 4 is 0 Å². The molecular weight excluding hydrogens is 252 g/mol. The third-order valence-corrected chi connectivity index (χ3v) is 4.49. The maximum Gasteiger partial charge on any atom is 0.125 e. The Morgan fingerprint density at radius 3 is 2.80 bits per heavy atom. The summed E-state index contributed by atoms with van der Waals surface area (Å²) in [7, 11) is 0. The first-order chi connectivity index (χ1) is 9.69. The summed E-state index contributed by atoms with van der Waals surface area (Å²) in [6.45, 7) is 4.69. The number of rotatable bonds is 4. The molecule has 0 radical (unpaired) electrons. The van der Waals surface area contributed by atoms with Gasteiger partial charge in [0.15, 0.2) is 0 Å². The van der Waals surface area contributed by atoms with Crippen molar-refractivity contribution in [2.75, 3.05) is 6.61 Å². The van der Waals surface area contributed by atoms with Crippen LogP contribution in [0.3, 0.4) is 0 Å². The van der Waals surface area contributed by atoms with Gasteiger partial charge in [-0.25, -0.2) is 0 Å². The van der Waals surface area contributed by atoms with Crippen LogP contribution in [0, 0.1) is 5.92 Å². The second-order valence-electron chi connectivity index (χ2n) is 6.05. The molecule has 1 aliphatic carbocycles. The normalized spacial score (nSPS) is 23.4. The third kappa shape index (κ3) is 2.51. The molecule has 2 unspecified atom stereocenters. The van der Waals surface area contributed by atoms with Gasteiger partial charge < -0.3 is 14.6 Å². The van der Waals surface area contributed by atoms with Gasteiger partial charge >= 0.3 is 0 Å². The maximum atomic E-state index is 10.7. The first-order valence-electron chi connectivity index (χ1n) is 7.83. The lowest BCUT2D eigenvalue weighted by molar-refractivity contribution is 0.107. The number of aliphatic hydroxyl groups excluding tert-OH is 1. The van der Waals surface area contributed by atoms with E-state index in [1.54, 1.807) is 0 Å². The van der Waals surface area contributed by atoms with E-state index in [2.05, 4.69) is 13.0 Å².